The summed E-state index contributed by atoms with van der Waals surface area (Å²) in [6, 6.07) is 3.83. The number of pyridine rings is 1. The Morgan fingerprint density at radius 1 is 1.44 bits per heavy atom. The van der Waals surface area contributed by atoms with Crippen LogP contribution in [0.15, 0.2) is 24.5 Å². The third-order valence-electron chi connectivity index (χ3n) is 2.06. The van der Waals surface area contributed by atoms with Gasteiger partial charge in [0.2, 0.25) is 0 Å². The molecule has 0 saturated carbocycles. The van der Waals surface area contributed by atoms with Crippen molar-refractivity contribution in [3.63, 3.8) is 0 Å². The van der Waals surface area contributed by atoms with Crippen LogP contribution in [-0.2, 0) is 0 Å². The van der Waals surface area contributed by atoms with Crippen LogP contribution in [0.4, 0.5) is 5.13 Å². The Morgan fingerprint density at radius 3 is 3.06 bits per heavy atom. The van der Waals surface area contributed by atoms with Gasteiger partial charge in [-0.15, -0.1) is 0 Å². The zero-order chi connectivity index (χ0) is 11.4. The maximum Gasteiger partial charge on any atom is 0.183 e. The summed E-state index contributed by atoms with van der Waals surface area (Å²) >= 11 is 7.61. The normalized spacial score (nSPS) is 10.4. The van der Waals surface area contributed by atoms with Crippen LogP contribution in [0.2, 0.25) is 5.15 Å². The average molecular weight is 254 g/mol. The molecule has 2 aromatic rings. The van der Waals surface area contributed by atoms with E-state index in [1.165, 1.54) is 0 Å². The number of nitrogens with one attached hydrogen (secondary N) is 1. The molecule has 0 amide bonds. The number of hydrogen-bond donors (Lipinski definition) is 1. The van der Waals surface area contributed by atoms with Gasteiger partial charge in [-0.2, -0.15) is 0 Å². The van der Waals surface area contributed by atoms with Gasteiger partial charge in [0.25, 0.3) is 0 Å². The predicted molar refractivity (Wildman–Crippen MR) is 69.1 cm³/mol. The first-order chi connectivity index (χ1) is 7.81. The molecular weight excluding hydrogens is 242 g/mol. The topological polar surface area (TPSA) is 37.8 Å². The van der Waals surface area contributed by atoms with Crippen molar-refractivity contribution in [2.24, 2.45) is 0 Å². The smallest absolute Gasteiger partial charge is 0.183 e. The van der Waals surface area contributed by atoms with E-state index in [9.17, 15) is 0 Å². The molecule has 0 atom stereocenters. The Hall–Kier alpha value is -1.13. The summed E-state index contributed by atoms with van der Waals surface area (Å²) in [5.74, 6) is 0. The molecule has 0 radical (unpaired) electrons. The quantitative estimate of drug-likeness (QED) is 0.845. The number of anilines is 1. The summed E-state index contributed by atoms with van der Waals surface area (Å²) in [4.78, 5) is 9.38. The van der Waals surface area contributed by atoms with Crippen LogP contribution in [0.5, 0.6) is 0 Å². The highest BCUT2D eigenvalue weighted by molar-refractivity contribution is 7.18. The summed E-state index contributed by atoms with van der Waals surface area (Å²) < 4.78 is 0. The van der Waals surface area contributed by atoms with E-state index < -0.39 is 0 Å². The first kappa shape index (κ1) is 11.4. The number of hydrogen-bond acceptors (Lipinski definition) is 4. The van der Waals surface area contributed by atoms with Crippen molar-refractivity contribution >= 4 is 28.1 Å². The van der Waals surface area contributed by atoms with Gasteiger partial charge in [-0.1, -0.05) is 29.9 Å². The molecule has 16 heavy (non-hydrogen) atoms. The lowest BCUT2D eigenvalue weighted by atomic mass is 10.2. The first-order valence-electron chi connectivity index (χ1n) is 5.12. The second kappa shape index (κ2) is 5.27. The van der Waals surface area contributed by atoms with Crippen LogP contribution in [0.3, 0.4) is 0 Å². The van der Waals surface area contributed by atoms with Gasteiger partial charge in [0.1, 0.15) is 5.15 Å². The van der Waals surface area contributed by atoms with Crippen LogP contribution in [-0.4, -0.2) is 16.5 Å². The molecule has 0 unspecified atom stereocenters. The van der Waals surface area contributed by atoms with Crippen molar-refractivity contribution in [2.45, 2.75) is 13.3 Å². The summed E-state index contributed by atoms with van der Waals surface area (Å²) in [5, 5.41) is 4.70. The van der Waals surface area contributed by atoms with Crippen LogP contribution in [0.1, 0.15) is 13.3 Å². The molecule has 1 N–H and O–H groups in total. The standard InChI is InChI=1S/C11H12ClN3S/c1-2-5-14-11-15-7-9(16-11)8-4-3-6-13-10(8)12/h3-4,6-7H,2,5H2,1H3,(H,14,15). The molecule has 2 aromatic heterocycles. The Bertz CT molecular complexity index is 470. The summed E-state index contributed by atoms with van der Waals surface area (Å²) in [6.07, 6.45) is 4.59. The molecule has 84 valence electrons. The van der Waals surface area contributed by atoms with Gasteiger partial charge in [0.15, 0.2) is 5.13 Å². The van der Waals surface area contributed by atoms with Crippen LogP contribution in [0.25, 0.3) is 10.4 Å². The monoisotopic (exact) mass is 253 g/mol. The highest BCUT2D eigenvalue weighted by Crippen LogP contribution is 2.32. The number of nitrogens with zero attached hydrogens (tertiary/aromatic N) is 2. The SMILES string of the molecule is CCCNc1ncc(-c2cccnc2Cl)s1. The lowest BCUT2D eigenvalue weighted by molar-refractivity contribution is 0.976. The molecule has 3 nitrogen and oxygen atoms in total. The van der Waals surface area contributed by atoms with Crippen molar-refractivity contribution < 1.29 is 0 Å². The van der Waals surface area contributed by atoms with E-state index >= 15 is 0 Å². The molecule has 2 rings (SSSR count). The van der Waals surface area contributed by atoms with E-state index in [4.69, 9.17) is 11.6 Å². The Morgan fingerprint density at radius 2 is 2.31 bits per heavy atom. The lowest BCUT2D eigenvalue weighted by Crippen LogP contribution is -1.97. The predicted octanol–water partition coefficient (Wildman–Crippen LogP) is 3.68. The van der Waals surface area contributed by atoms with Crippen molar-refractivity contribution in [2.75, 3.05) is 11.9 Å². The Balaban J connectivity index is 2.22. The van der Waals surface area contributed by atoms with Crippen molar-refractivity contribution in [3.8, 4) is 10.4 Å². The summed E-state index contributed by atoms with van der Waals surface area (Å²) in [5.41, 5.74) is 0.936. The van der Waals surface area contributed by atoms with Crippen LogP contribution in [0, 0.1) is 0 Å². The molecule has 0 spiro atoms. The molecule has 0 fully saturated rings. The fourth-order valence-corrected chi connectivity index (χ4v) is 2.43. The van der Waals surface area contributed by atoms with Crippen molar-refractivity contribution in [1.29, 1.82) is 0 Å². The Kier molecular flexibility index (Phi) is 3.74. The summed E-state index contributed by atoms with van der Waals surface area (Å²) in [7, 11) is 0. The molecule has 0 aliphatic carbocycles. The van der Waals surface area contributed by atoms with Gasteiger partial charge in [-0.25, -0.2) is 9.97 Å². The highest BCUT2D eigenvalue weighted by Gasteiger charge is 2.07. The third-order valence-corrected chi connectivity index (χ3v) is 3.35. The molecule has 2 heterocycles. The maximum absolute atomic E-state index is 6.02. The molecule has 0 saturated heterocycles. The van der Waals surface area contributed by atoms with Crippen molar-refractivity contribution in [1.82, 2.24) is 9.97 Å². The molecule has 0 bridgehead atoms. The zero-order valence-corrected chi connectivity index (χ0v) is 10.5. The van der Waals surface area contributed by atoms with Gasteiger partial charge >= 0.3 is 0 Å². The fraction of sp³-hybridized carbons (Fsp3) is 0.273. The number of halogens is 1. The zero-order valence-electron chi connectivity index (χ0n) is 8.90. The number of thiazole rings is 1. The largest absolute Gasteiger partial charge is 0.362 e. The van der Waals surface area contributed by atoms with Crippen LogP contribution >= 0.6 is 22.9 Å². The van der Waals surface area contributed by atoms with Crippen LogP contribution < -0.4 is 5.32 Å². The van der Waals surface area contributed by atoms with Gasteiger partial charge < -0.3 is 5.32 Å². The second-order valence-electron chi connectivity index (χ2n) is 3.30. The minimum absolute atomic E-state index is 0.521. The minimum atomic E-state index is 0.521. The number of rotatable bonds is 4. The molecule has 0 aliphatic heterocycles. The van der Waals surface area contributed by atoms with Gasteiger partial charge in [-0.3, -0.25) is 0 Å². The first-order valence-corrected chi connectivity index (χ1v) is 6.31. The van der Waals surface area contributed by atoms with Gasteiger partial charge in [-0.05, 0) is 18.6 Å². The van der Waals surface area contributed by atoms with E-state index in [0.717, 1.165) is 28.5 Å². The number of aromatic nitrogens is 2. The lowest BCUT2D eigenvalue weighted by Gasteiger charge is -1.98. The second-order valence-corrected chi connectivity index (χ2v) is 4.69. The average Bonchev–Trinajstić information content (AvgIpc) is 2.75. The molecule has 0 aliphatic rings. The minimum Gasteiger partial charge on any atom is -0.362 e. The van der Waals surface area contributed by atoms with Gasteiger partial charge in [0, 0.05) is 24.5 Å². The van der Waals surface area contributed by atoms with E-state index in [0.29, 0.717) is 5.15 Å². The molecular formula is C11H12ClN3S. The van der Waals surface area contributed by atoms with E-state index in [1.807, 2.05) is 18.3 Å². The van der Waals surface area contributed by atoms with Crippen molar-refractivity contribution in [3.05, 3.63) is 29.7 Å². The highest BCUT2D eigenvalue weighted by atomic mass is 35.5. The van der Waals surface area contributed by atoms with E-state index in [-0.39, 0.29) is 0 Å². The van der Waals surface area contributed by atoms with Gasteiger partial charge in [0.05, 0.1) is 4.88 Å². The van der Waals surface area contributed by atoms with E-state index in [2.05, 4.69) is 22.2 Å². The fourth-order valence-electron chi connectivity index (χ4n) is 1.28. The maximum atomic E-state index is 6.02. The third kappa shape index (κ3) is 2.51. The summed E-state index contributed by atoms with van der Waals surface area (Å²) in [6.45, 7) is 3.06. The molecule has 0 aromatic carbocycles. The Labute approximate surface area is 104 Å². The van der Waals surface area contributed by atoms with E-state index in [1.54, 1.807) is 17.5 Å². The molecule has 5 heteroatoms.